The Morgan fingerprint density at radius 1 is 1.22 bits per heavy atom. The van der Waals surface area contributed by atoms with Gasteiger partial charge in [-0.3, -0.25) is 4.79 Å². The summed E-state index contributed by atoms with van der Waals surface area (Å²) in [5.74, 6) is 0.797. The summed E-state index contributed by atoms with van der Waals surface area (Å²) >= 11 is 1.48. The molecule has 0 aliphatic carbocycles. The smallest absolute Gasteiger partial charge is 0.671 e. The number of hydrogen-bond donors (Lipinski definition) is 2. The summed E-state index contributed by atoms with van der Waals surface area (Å²) in [4.78, 5) is 22.5. The molecule has 11 heteroatoms. The van der Waals surface area contributed by atoms with Crippen LogP contribution in [0.2, 0.25) is 0 Å². The van der Waals surface area contributed by atoms with Crippen molar-refractivity contribution >= 4 is 35.0 Å². The number of rotatable bonds is 5. The maximum absolute atomic E-state index is 13.8. The van der Waals surface area contributed by atoms with Gasteiger partial charge in [0.15, 0.2) is 5.65 Å². The number of aromatic nitrogens is 3. The fourth-order valence-corrected chi connectivity index (χ4v) is 5.53. The van der Waals surface area contributed by atoms with E-state index in [-0.39, 0.29) is 63.3 Å². The first-order chi connectivity index (χ1) is 16.9. The van der Waals surface area contributed by atoms with Gasteiger partial charge in [-0.25, -0.2) is 9.50 Å². The van der Waals surface area contributed by atoms with Crippen LogP contribution in [0.3, 0.4) is 0 Å². The van der Waals surface area contributed by atoms with Crippen LogP contribution in [0.5, 0.6) is 0 Å². The van der Waals surface area contributed by atoms with Crippen LogP contribution in [-0.2, 0) is 0 Å². The third-order valence-corrected chi connectivity index (χ3v) is 7.36. The Bertz CT molecular complexity index is 1240. The predicted octanol–water partition coefficient (Wildman–Crippen LogP) is 1.01. The summed E-state index contributed by atoms with van der Waals surface area (Å²) in [5.41, 5.74) is 13.1. The minimum atomic E-state index is -0.665. The second-order valence-electron chi connectivity index (χ2n) is 9.56. The van der Waals surface area contributed by atoms with Crippen LogP contribution >= 0.6 is 11.9 Å². The monoisotopic (exact) mass is 533 g/mol. The van der Waals surface area contributed by atoms with Gasteiger partial charge < -0.3 is 25.4 Å². The molecule has 3 atom stereocenters. The minimum absolute atomic E-state index is 0. The minimum Gasteiger partial charge on any atom is -0.671 e. The van der Waals surface area contributed by atoms with Gasteiger partial charge in [-0.15, -0.1) is 0 Å². The first kappa shape index (κ1) is 27.8. The van der Waals surface area contributed by atoms with Gasteiger partial charge in [-0.05, 0) is 45.2 Å². The quantitative estimate of drug-likeness (QED) is 0.372. The molecule has 3 N–H and O–H groups in total. The zero-order valence-corrected chi connectivity index (χ0v) is 25.3. The van der Waals surface area contributed by atoms with Crippen molar-refractivity contribution in [3.05, 3.63) is 58.6 Å². The van der Waals surface area contributed by atoms with Crippen LogP contribution in [0.25, 0.3) is 11.4 Å². The normalized spacial score (nSPS) is 22.1. The van der Waals surface area contributed by atoms with Crippen LogP contribution in [-0.4, -0.2) is 68.5 Å². The van der Waals surface area contributed by atoms with E-state index < -0.39 is 12.1 Å². The van der Waals surface area contributed by atoms with Gasteiger partial charge >= 0.3 is 51.4 Å². The Kier molecular flexibility index (Phi) is 9.04. The molecule has 2 aliphatic heterocycles. The van der Waals surface area contributed by atoms with E-state index in [0.29, 0.717) is 30.8 Å². The van der Waals surface area contributed by atoms with Crippen molar-refractivity contribution in [2.75, 3.05) is 35.5 Å². The number of aryl methyl sites for hydroxylation is 2. The number of benzene rings is 1. The zero-order chi connectivity index (χ0) is 24.7. The van der Waals surface area contributed by atoms with E-state index in [1.807, 2.05) is 60.4 Å². The van der Waals surface area contributed by atoms with E-state index in [2.05, 4.69) is 4.72 Å². The van der Waals surface area contributed by atoms with Crippen molar-refractivity contribution in [3.63, 3.8) is 0 Å². The number of nitrogens with zero attached hydrogens (tertiary/aromatic N) is 5. The van der Waals surface area contributed by atoms with Gasteiger partial charge in [-0.1, -0.05) is 29.6 Å². The standard InChI is InChI=1S/C25H32N7O2S.K/c1-15-7-8-19(29-35-3)17(10-15)25(34)31-9-5-4-6-21(31)20-11-23-27-24(16(2)12-32(23)28-20)30-13-18(26)22(33)14-30;/h7-8,10-12,18,21-22,26,29,33H,4-6,9,13-14H2,1-3H3;/q-1;+1. The number of amides is 1. The van der Waals surface area contributed by atoms with Crippen molar-refractivity contribution in [2.45, 2.75) is 51.3 Å². The summed E-state index contributed by atoms with van der Waals surface area (Å²) in [6.07, 6.45) is 6.10. The molecule has 2 aliphatic rings. The Morgan fingerprint density at radius 2 is 2.03 bits per heavy atom. The maximum Gasteiger partial charge on any atom is 1.00 e. The van der Waals surface area contributed by atoms with E-state index >= 15 is 0 Å². The third-order valence-electron chi connectivity index (χ3n) is 6.94. The Labute approximate surface area is 258 Å². The topological polar surface area (TPSA) is 110 Å². The molecule has 0 spiro atoms. The van der Waals surface area contributed by atoms with Crippen LogP contribution in [0.1, 0.15) is 52.5 Å². The molecular weight excluding hydrogens is 501 g/mol. The molecule has 4 heterocycles. The molecule has 2 saturated heterocycles. The van der Waals surface area contributed by atoms with Crippen molar-refractivity contribution in [3.8, 4) is 0 Å². The molecule has 2 fully saturated rings. The van der Waals surface area contributed by atoms with Gasteiger partial charge in [0, 0.05) is 43.7 Å². The van der Waals surface area contributed by atoms with E-state index in [4.69, 9.17) is 15.8 Å². The van der Waals surface area contributed by atoms with Gasteiger partial charge in [0.25, 0.3) is 5.91 Å². The van der Waals surface area contributed by atoms with Gasteiger partial charge in [-0.2, -0.15) is 5.10 Å². The fourth-order valence-electron chi connectivity index (χ4n) is 5.13. The molecule has 0 bridgehead atoms. The van der Waals surface area contributed by atoms with Gasteiger partial charge in [0.2, 0.25) is 0 Å². The number of piperidine rings is 1. The maximum atomic E-state index is 13.8. The van der Waals surface area contributed by atoms with Crippen molar-refractivity contribution < 1.29 is 61.3 Å². The fraction of sp³-hybridized carbons (Fsp3) is 0.480. The molecule has 2 aromatic heterocycles. The first-order valence-electron chi connectivity index (χ1n) is 12.1. The summed E-state index contributed by atoms with van der Waals surface area (Å²) in [6, 6.07) is 7.27. The number of fused-ring (bicyclic) bond motifs is 1. The van der Waals surface area contributed by atoms with Crippen LogP contribution in [0.4, 0.5) is 11.5 Å². The molecule has 1 amide bonds. The first-order valence-corrected chi connectivity index (χ1v) is 13.3. The number of aliphatic hydroxyl groups excluding tert-OH is 1. The second-order valence-corrected chi connectivity index (χ2v) is 10.2. The molecule has 0 radical (unpaired) electrons. The number of β-amino-alcohol motifs (C(OH)–C–C–N with tert-alkyl or cyclic N) is 1. The largest absolute Gasteiger partial charge is 1.00 e. The summed E-state index contributed by atoms with van der Waals surface area (Å²) in [6.45, 7) is 5.54. The van der Waals surface area contributed by atoms with Crippen LogP contribution in [0, 0.1) is 13.8 Å². The Balaban J connectivity index is 0.00000304. The number of anilines is 2. The molecule has 3 aromatic rings. The number of carbonyl (C=O) groups excluding carboxylic acids is 1. The summed E-state index contributed by atoms with van der Waals surface area (Å²) in [5, 5.41) is 14.9. The van der Waals surface area contributed by atoms with Gasteiger partial charge in [0.1, 0.15) is 5.82 Å². The molecule has 3 unspecified atom stereocenters. The predicted molar refractivity (Wildman–Crippen MR) is 140 cm³/mol. The number of hydrogen-bond acceptors (Lipinski definition) is 7. The average Bonchev–Trinajstić information content (AvgIpc) is 3.41. The van der Waals surface area contributed by atoms with Gasteiger partial charge in [0.05, 0.1) is 29.1 Å². The molecular formula is C25H32KN7O2S. The van der Waals surface area contributed by atoms with E-state index in [9.17, 15) is 9.90 Å². The van der Waals surface area contributed by atoms with Crippen molar-refractivity contribution in [1.29, 1.82) is 0 Å². The van der Waals surface area contributed by atoms with Crippen LogP contribution in [0.15, 0.2) is 30.5 Å². The molecule has 5 rings (SSSR count). The molecule has 186 valence electrons. The van der Waals surface area contributed by atoms with E-state index in [1.54, 1.807) is 4.52 Å². The molecule has 1 aromatic carbocycles. The SMILES string of the molecule is CSNc1ccc(C)cc1C(=O)N1CCCCC1c1cc2nc(N3CC([NH-])C(O)C3)c(C)cn2n1.[K+]. The van der Waals surface area contributed by atoms with E-state index in [0.717, 1.165) is 47.6 Å². The molecule has 0 saturated carbocycles. The second kappa shape index (κ2) is 11.7. The number of carbonyl (C=O) groups is 1. The Morgan fingerprint density at radius 3 is 2.75 bits per heavy atom. The number of aliphatic hydroxyl groups is 1. The number of likely N-dealkylation sites (tertiary alicyclic amines) is 1. The summed E-state index contributed by atoms with van der Waals surface area (Å²) < 4.78 is 5.03. The third kappa shape index (κ3) is 5.49. The zero-order valence-electron chi connectivity index (χ0n) is 21.4. The van der Waals surface area contributed by atoms with E-state index in [1.165, 1.54) is 11.9 Å². The molecule has 36 heavy (non-hydrogen) atoms. The van der Waals surface area contributed by atoms with Crippen molar-refractivity contribution in [1.82, 2.24) is 19.5 Å². The van der Waals surface area contributed by atoms with Crippen LogP contribution < -0.4 is 61.0 Å². The Hall–Kier alpha value is -1.18. The number of nitrogens with one attached hydrogen (secondary N) is 2. The van der Waals surface area contributed by atoms with Crippen molar-refractivity contribution in [2.24, 2.45) is 0 Å². The molecule has 9 nitrogen and oxygen atoms in total. The average molecular weight is 534 g/mol. The summed E-state index contributed by atoms with van der Waals surface area (Å²) in [7, 11) is 0.